The van der Waals surface area contributed by atoms with E-state index in [1.165, 1.54) is 77.0 Å². The van der Waals surface area contributed by atoms with Crippen molar-refractivity contribution < 1.29 is 51.7 Å². The van der Waals surface area contributed by atoms with Crippen LogP contribution in [0.3, 0.4) is 0 Å². The molecule has 0 spiro atoms. The van der Waals surface area contributed by atoms with Crippen LogP contribution in [0.5, 0.6) is 0 Å². The Morgan fingerprint density at radius 3 is 0.925 bits per heavy atom. The Morgan fingerprint density at radius 2 is 0.700 bits per heavy atom. The van der Waals surface area contributed by atoms with Crippen molar-refractivity contribution in [2.24, 2.45) is 5.92 Å². The Morgan fingerprint density at radius 1 is 0.475 bits per heavy atom. The van der Waals surface area contributed by atoms with Gasteiger partial charge in [0, 0.05) is 6.42 Å². The first-order valence-electron chi connectivity index (χ1n) is 15.8. The molecule has 0 heterocycles. The minimum atomic E-state index is -0.417. The number of unbranched alkanes of at least 4 members (excludes halogenated alkanes) is 11. The third-order valence-corrected chi connectivity index (χ3v) is 4.28. The van der Waals surface area contributed by atoms with E-state index in [0.717, 1.165) is 12.3 Å². The zero-order chi connectivity index (χ0) is 31.6. The number of carbonyl (C=O) groups is 1. The van der Waals surface area contributed by atoms with Crippen molar-refractivity contribution in [1.82, 2.24) is 0 Å². The minimum Gasteiger partial charge on any atom is -0.852 e. The zero-order valence-corrected chi connectivity index (χ0v) is 30.4. The Hall–Kier alpha value is 0.0243. The smallest absolute Gasteiger partial charge is 0.852 e. The number of hydrogen-bond acceptors (Lipinski definition) is 6. The predicted molar refractivity (Wildman–Crippen MR) is 161 cm³/mol. The monoisotopic (exact) mass is 610 g/mol. The maximum absolute atomic E-state index is 11.4. The van der Waals surface area contributed by atoms with Gasteiger partial charge in [0.15, 0.2) is 0 Å². The molecule has 0 N–H and O–H groups in total. The number of rotatable bonds is 16. The van der Waals surface area contributed by atoms with Crippen LogP contribution in [0.25, 0.3) is 0 Å². The quantitative estimate of drug-likeness (QED) is 0.119. The number of esters is 1. The van der Waals surface area contributed by atoms with E-state index in [1.54, 1.807) is 55.4 Å². The van der Waals surface area contributed by atoms with Crippen molar-refractivity contribution >= 4 is 5.97 Å². The summed E-state index contributed by atoms with van der Waals surface area (Å²) in [5.41, 5.74) is 0. The van der Waals surface area contributed by atoms with Crippen LogP contribution in [-0.2, 0) is 31.2 Å². The van der Waals surface area contributed by atoms with Gasteiger partial charge in [-0.3, -0.25) is 4.79 Å². The van der Waals surface area contributed by atoms with Crippen molar-refractivity contribution in [3.8, 4) is 0 Å². The van der Waals surface area contributed by atoms with Gasteiger partial charge in [0.1, 0.15) is 0 Å². The van der Waals surface area contributed by atoms with E-state index in [2.05, 4.69) is 13.8 Å². The van der Waals surface area contributed by atoms with Gasteiger partial charge >= 0.3 is 27.7 Å². The second kappa shape index (κ2) is 43.5. The first kappa shape index (κ1) is 52.7. The molecule has 0 aromatic carbocycles. The van der Waals surface area contributed by atoms with E-state index in [1.807, 2.05) is 13.8 Å². The molecular weight excluding hydrogens is 540 g/mol. The fourth-order valence-corrected chi connectivity index (χ4v) is 2.91. The molecule has 0 amide bonds. The van der Waals surface area contributed by atoms with E-state index in [0.29, 0.717) is 6.42 Å². The summed E-state index contributed by atoms with van der Waals surface area (Å²) in [5, 5.41) is 38.1. The SMILES string of the molecule is CC(C)CCCCCCCCCCCCCCC(=O)OC(C)C.CC(C)[O-].CC(C)[O-].CC(C)[O-].CC(C)[O-].[Ti+4]. The molecule has 0 aliphatic carbocycles. The Balaban J connectivity index is -0.000000138. The summed E-state index contributed by atoms with van der Waals surface area (Å²) in [4.78, 5) is 11.4. The van der Waals surface area contributed by atoms with Gasteiger partial charge in [0.25, 0.3) is 0 Å². The largest absolute Gasteiger partial charge is 4.00 e. The number of carbonyl (C=O) groups excluding carboxylic acids is 1. The van der Waals surface area contributed by atoms with Crippen LogP contribution in [0.2, 0.25) is 0 Å². The number of ether oxygens (including phenoxy) is 1. The minimum absolute atomic E-state index is 0. The average Bonchev–Trinajstić information content (AvgIpc) is 2.71. The molecule has 0 unspecified atom stereocenters. The van der Waals surface area contributed by atoms with Crippen LogP contribution in [0.1, 0.15) is 173 Å². The van der Waals surface area contributed by atoms with Gasteiger partial charge in [-0.25, -0.2) is 0 Å². The Bertz CT molecular complexity index is 392. The van der Waals surface area contributed by atoms with Crippen molar-refractivity contribution in [2.45, 2.75) is 203 Å². The summed E-state index contributed by atoms with van der Waals surface area (Å²) in [7, 11) is 0. The molecule has 0 fully saturated rings. The van der Waals surface area contributed by atoms with Crippen LogP contribution in [0.4, 0.5) is 0 Å². The maximum atomic E-state index is 11.4. The first-order valence-corrected chi connectivity index (χ1v) is 15.8. The summed E-state index contributed by atoms with van der Waals surface area (Å²) in [6, 6.07) is 0. The predicted octanol–water partition coefficient (Wildman–Crippen LogP) is 6.07. The maximum Gasteiger partial charge on any atom is 4.00 e. The molecule has 0 aliphatic rings. The van der Waals surface area contributed by atoms with Crippen molar-refractivity contribution in [3.63, 3.8) is 0 Å². The third-order valence-electron chi connectivity index (χ3n) is 4.28. The molecule has 7 heteroatoms. The van der Waals surface area contributed by atoms with E-state index in [9.17, 15) is 25.2 Å². The molecule has 0 rings (SSSR count). The van der Waals surface area contributed by atoms with Crippen LogP contribution in [-0.4, -0.2) is 36.5 Å². The number of hydrogen-bond donors (Lipinski definition) is 0. The molecular formula is C33H70O6Ti. The van der Waals surface area contributed by atoms with Gasteiger partial charge in [-0.1, -0.05) is 146 Å². The van der Waals surface area contributed by atoms with E-state index in [-0.39, 0.29) is 33.8 Å². The second-order valence-corrected chi connectivity index (χ2v) is 11.9. The Labute approximate surface area is 266 Å². The molecule has 0 radical (unpaired) electrons. The molecule has 6 nitrogen and oxygen atoms in total. The van der Waals surface area contributed by atoms with Crippen LogP contribution < -0.4 is 20.4 Å². The van der Waals surface area contributed by atoms with Crippen LogP contribution in [0, 0.1) is 5.92 Å². The van der Waals surface area contributed by atoms with Gasteiger partial charge in [-0.05, 0) is 26.2 Å². The van der Waals surface area contributed by atoms with Crippen molar-refractivity contribution in [1.29, 1.82) is 0 Å². The molecule has 0 bridgehead atoms. The summed E-state index contributed by atoms with van der Waals surface area (Å²) >= 11 is 0. The Kier molecular flexibility index (Phi) is 57.2. The standard InChI is InChI=1S/C21H42O2.4C3H7O.Ti/c1-19(2)17-15-13-11-9-7-5-6-8-10-12-14-16-18-21(22)23-20(3)4;4*1-3(2)4;/h19-20H,5-18H2,1-4H3;4*3H,1-2H3;/q;4*-1;+4. The van der Waals surface area contributed by atoms with Gasteiger partial charge < -0.3 is 25.2 Å². The summed E-state index contributed by atoms with van der Waals surface area (Å²) in [6.45, 7) is 21.3. The van der Waals surface area contributed by atoms with Gasteiger partial charge in [-0.2, -0.15) is 0 Å². The topological polar surface area (TPSA) is 119 Å². The summed E-state index contributed by atoms with van der Waals surface area (Å²) < 4.78 is 5.13. The fourth-order valence-electron chi connectivity index (χ4n) is 2.91. The van der Waals surface area contributed by atoms with Gasteiger partial charge in [-0.15, -0.1) is 24.4 Å². The molecule has 0 saturated carbocycles. The second-order valence-electron chi connectivity index (χ2n) is 11.9. The molecule has 40 heavy (non-hydrogen) atoms. The van der Waals surface area contributed by atoms with Crippen molar-refractivity contribution in [3.05, 3.63) is 0 Å². The van der Waals surface area contributed by atoms with Gasteiger partial charge in [0.05, 0.1) is 6.10 Å². The van der Waals surface area contributed by atoms with Gasteiger partial charge in [0.2, 0.25) is 0 Å². The molecule has 242 valence electrons. The van der Waals surface area contributed by atoms with Crippen LogP contribution >= 0.6 is 0 Å². The molecule has 0 aromatic heterocycles. The first-order chi connectivity index (χ1) is 17.9. The molecule has 0 aliphatic heterocycles. The van der Waals surface area contributed by atoms with E-state index < -0.39 is 24.4 Å². The summed E-state index contributed by atoms with van der Waals surface area (Å²) in [5.74, 6) is 0.837. The molecule has 0 aromatic rings. The normalized spacial score (nSPS) is 10.2. The summed E-state index contributed by atoms with van der Waals surface area (Å²) in [6.07, 6.45) is 16.4. The van der Waals surface area contributed by atoms with Crippen molar-refractivity contribution in [2.75, 3.05) is 0 Å². The molecule has 0 atom stereocenters. The fraction of sp³-hybridized carbons (Fsp3) is 0.970. The van der Waals surface area contributed by atoms with E-state index >= 15 is 0 Å². The zero-order valence-electron chi connectivity index (χ0n) is 28.8. The third kappa shape index (κ3) is 118. The van der Waals surface area contributed by atoms with E-state index in [4.69, 9.17) is 4.74 Å². The van der Waals surface area contributed by atoms with Crippen LogP contribution in [0.15, 0.2) is 0 Å². The molecule has 0 saturated heterocycles. The average molecular weight is 611 g/mol.